The van der Waals surface area contributed by atoms with Gasteiger partial charge in [-0.05, 0) is 32.2 Å². The number of ether oxygens (including phenoxy) is 2. The maximum Gasteiger partial charge on any atom is 0.309 e. The van der Waals surface area contributed by atoms with E-state index in [9.17, 15) is 4.79 Å². The van der Waals surface area contributed by atoms with Crippen molar-refractivity contribution >= 4 is 5.97 Å². The fourth-order valence-corrected chi connectivity index (χ4v) is 2.32. The molecule has 1 atom stereocenters. The minimum absolute atomic E-state index is 0.0196. The van der Waals surface area contributed by atoms with Crippen molar-refractivity contribution in [2.45, 2.75) is 25.7 Å². The summed E-state index contributed by atoms with van der Waals surface area (Å²) in [6.07, 6.45) is 4.01. The van der Waals surface area contributed by atoms with E-state index in [-0.39, 0.29) is 11.9 Å². The van der Waals surface area contributed by atoms with Crippen LogP contribution in [0.2, 0.25) is 0 Å². The summed E-state index contributed by atoms with van der Waals surface area (Å²) in [5, 5.41) is 3.33. The molecule has 2 fully saturated rings. The molecule has 0 amide bonds. The zero-order valence-electron chi connectivity index (χ0n) is 9.74. The lowest BCUT2D eigenvalue weighted by Gasteiger charge is -2.24. The SMILES string of the molecule is O=C(OCC1CCCNC1)C1CCOCC1. The third-order valence-electron chi connectivity index (χ3n) is 3.41. The van der Waals surface area contributed by atoms with Gasteiger partial charge in [0.15, 0.2) is 0 Å². The van der Waals surface area contributed by atoms with Gasteiger partial charge in [0.2, 0.25) is 0 Å². The van der Waals surface area contributed by atoms with Crippen molar-refractivity contribution in [2.75, 3.05) is 32.9 Å². The topological polar surface area (TPSA) is 47.6 Å². The van der Waals surface area contributed by atoms with Crippen molar-refractivity contribution in [2.24, 2.45) is 11.8 Å². The van der Waals surface area contributed by atoms with Gasteiger partial charge in [0, 0.05) is 25.7 Å². The van der Waals surface area contributed by atoms with Crippen LogP contribution in [0.25, 0.3) is 0 Å². The smallest absolute Gasteiger partial charge is 0.309 e. The van der Waals surface area contributed by atoms with E-state index >= 15 is 0 Å². The van der Waals surface area contributed by atoms with E-state index in [2.05, 4.69) is 5.32 Å². The molecule has 0 aliphatic carbocycles. The van der Waals surface area contributed by atoms with E-state index in [4.69, 9.17) is 9.47 Å². The highest BCUT2D eigenvalue weighted by Gasteiger charge is 2.24. The Morgan fingerprint density at radius 2 is 2.12 bits per heavy atom. The van der Waals surface area contributed by atoms with Crippen LogP contribution in [0, 0.1) is 11.8 Å². The Morgan fingerprint density at radius 1 is 1.31 bits per heavy atom. The minimum Gasteiger partial charge on any atom is -0.465 e. The van der Waals surface area contributed by atoms with E-state index in [1.54, 1.807) is 0 Å². The highest BCUT2D eigenvalue weighted by molar-refractivity contribution is 5.72. The summed E-state index contributed by atoms with van der Waals surface area (Å²) in [7, 11) is 0. The van der Waals surface area contributed by atoms with Crippen molar-refractivity contribution in [1.29, 1.82) is 0 Å². The van der Waals surface area contributed by atoms with Crippen LogP contribution in [-0.2, 0) is 14.3 Å². The summed E-state index contributed by atoms with van der Waals surface area (Å²) in [4.78, 5) is 11.7. The van der Waals surface area contributed by atoms with Crippen LogP contribution in [0.1, 0.15) is 25.7 Å². The molecule has 1 N–H and O–H groups in total. The molecule has 2 heterocycles. The van der Waals surface area contributed by atoms with Gasteiger partial charge in [0.05, 0.1) is 12.5 Å². The number of esters is 1. The predicted octanol–water partition coefficient (Wildman–Crippen LogP) is 0.956. The third-order valence-corrected chi connectivity index (χ3v) is 3.41. The van der Waals surface area contributed by atoms with Crippen molar-refractivity contribution in [3.63, 3.8) is 0 Å². The molecule has 1 unspecified atom stereocenters. The summed E-state index contributed by atoms with van der Waals surface area (Å²) < 4.78 is 10.6. The van der Waals surface area contributed by atoms with E-state index in [0.29, 0.717) is 25.7 Å². The fraction of sp³-hybridized carbons (Fsp3) is 0.917. The van der Waals surface area contributed by atoms with E-state index in [0.717, 1.165) is 25.9 Å². The summed E-state index contributed by atoms with van der Waals surface area (Å²) in [5.41, 5.74) is 0. The van der Waals surface area contributed by atoms with Gasteiger partial charge in [0.25, 0.3) is 0 Å². The molecule has 0 saturated carbocycles. The molecule has 0 radical (unpaired) electrons. The molecule has 0 aromatic rings. The van der Waals surface area contributed by atoms with Gasteiger partial charge in [-0.3, -0.25) is 4.79 Å². The normalized spacial score (nSPS) is 27.6. The lowest BCUT2D eigenvalue weighted by atomic mass is 9.99. The monoisotopic (exact) mass is 227 g/mol. The second-order valence-electron chi connectivity index (χ2n) is 4.73. The lowest BCUT2D eigenvalue weighted by molar-refractivity contribution is -0.153. The standard InChI is InChI=1S/C12H21NO3/c14-12(11-3-6-15-7-4-11)16-9-10-2-1-5-13-8-10/h10-11,13H,1-9H2. The number of hydrogen-bond acceptors (Lipinski definition) is 4. The first kappa shape index (κ1) is 11.9. The largest absolute Gasteiger partial charge is 0.465 e. The first-order chi connectivity index (χ1) is 7.86. The van der Waals surface area contributed by atoms with Gasteiger partial charge in [0.1, 0.15) is 0 Å². The maximum absolute atomic E-state index is 11.7. The van der Waals surface area contributed by atoms with Crippen molar-refractivity contribution in [3.8, 4) is 0 Å². The van der Waals surface area contributed by atoms with Crippen LogP contribution in [-0.4, -0.2) is 38.9 Å². The first-order valence-corrected chi connectivity index (χ1v) is 6.31. The summed E-state index contributed by atoms with van der Waals surface area (Å²) in [6, 6.07) is 0. The highest BCUT2D eigenvalue weighted by atomic mass is 16.5. The highest BCUT2D eigenvalue weighted by Crippen LogP contribution is 2.17. The van der Waals surface area contributed by atoms with Crippen molar-refractivity contribution in [3.05, 3.63) is 0 Å². The van der Waals surface area contributed by atoms with Crippen molar-refractivity contribution < 1.29 is 14.3 Å². The molecule has 0 aromatic heterocycles. The average Bonchev–Trinajstić information content (AvgIpc) is 2.38. The van der Waals surface area contributed by atoms with Gasteiger partial charge >= 0.3 is 5.97 Å². The van der Waals surface area contributed by atoms with Gasteiger partial charge in [-0.1, -0.05) is 0 Å². The van der Waals surface area contributed by atoms with Crippen molar-refractivity contribution in [1.82, 2.24) is 5.32 Å². The van der Waals surface area contributed by atoms with E-state index in [1.807, 2.05) is 0 Å². The molecule has 2 saturated heterocycles. The Bertz CT molecular complexity index is 220. The van der Waals surface area contributed by atoms with Crippen LogP contribution in [0.5, 0.6) is 0 Å². The van der Waals surface area contributed by atoms with Crippen LogP contribution in [0.4, 0.5) is 0 Å². The molecular weight excluding hydrogens is 206 g/mol. The average molecular weight is 227 g/mol. The number of hydrogen-bond donors (Lipinski definition) is 1. The molecule has 2 aliphatic heterocycles. The number of carbonyl (C=O) groups is 1. The second-order valence-corrected chi connectivity index (χ2v) is 4.73. The summed E-state index contributed by atoms with van der Waals surface area (Å²) >= 11 is 0. The Labute approximate surface area is 96.7 Å². The van der Waals surface area contributed by atoms with Gasteiger partial charge in [-0.2, -0.15) is 0 Å². The first-order valence-electron chi connectivity index (χ1n) is 6.31. The zero-order valence-corrected chi connectivity index (χ0v) is 9.74. The van der Waals surface area contributed by atoms with Crippen LogP contribution in [0.15, 0.2) is 0 Å². The molecule has 0 spiro atoms. The molecular formula is C12H21NO3. The van der Waals surface area contributed by atoms with Gasteiger partial charge in [-0.25, -0.2) is 0 Å². The van der Waals surface area contributed by atoms with Crippen LogP contribution in [0.3, 0.4) is 0 Å². The Balaban J connectivity index is 1.65. The van der Waals surface area contributed by atoms with E-state index in [1.165, 1.54) is 12.8 Å². The molecule has 2 rings (SSSR count). The Kier molecular flexibility index (Phi) is 4.60. The number of carbonyl (C=O) groups excluding carboxylic acids is 1. The fourth-order valence-electron chi connectivity index (χ4n) is 2.32. The molecule has 16 heavy (non-hydrogen) atoms. The van der Waals surface area contributed by atoms with Crippen LogP contribution < -0.4 is 5.32 Å². The third kappa shape index (κ3) is 3.46. The second kappa shape index (κ2) is 6.21. The Morgan fingerprint density at radius 3 is 2.81 bits per heavy atom. The zero-order chi connectivity index (χ0) is 11.2. The number of nitrogens with one attached hydrogen (secondary N) is 1. The molecule has 0 bridgehead atoms. The Hall–Kier alpha value is -0.610. The maximum atomic E-state index is 11.7. The molecule has 0 aromatic carbocycles. The summed E-state index contributed by atoms with van der Waals surface area (Å²) in [6.45, 7) is 4.07. The molecule has 4 heteroatoms. The number of piperidine rings is 1. The lowest BCUT2D eigenvalue weighted by Crippen LogP contribution is -2.34. The number of rotatable bonds is 3. The molecule has 92 valence electrons. The van der Waals surface area contributed by atoms with E-state index < -0.39 is 0 Å². The minimum atomic E-state index is -0.0196. The van der Waals surface area contributed by atoms with Gasteiger partial charge < -0.3 is 14.8 Å². The molecule has 2 aliphatic rings. The van der Waals surface area contributed by atoms with Crippen LogP contribution >= 0.6 is 0 Å². The molecule has 4 nitrogen and oxygen atoms in total. The quantitative estimate of drug-likeness (QED) is 0.729. The predicted molar refractivity (Wildman–Crippen MR) is 60.1 cm³/mol. The summed E-state index contributed by atoms with van der Waals surface area (Å²) in [5.74, 6) is 0.566. The van der Waals surface area contributed by atoms with Gasteiger partial charge in [-0.15, -0.1) is 0 Å².